The molecule has 5 rings (SSSR count). The molecule has 0 heterocycles. The van der Waals surface area contributed by atoms with E-state index in [-0.39, 0.29) is 0 Å². The highest BCUT2D eigenvalue weighted by Crippen LogP contribution is 2.49. The Labute approximate surface area is 131 Å². The van der Waals surface area contributed by atoms with E-state index in [2.05, 4.69) is 82.7 Å². The summed E-state index contributed by atoms with van der Waals surface area (Å²) >= 11 is 3.65. The second-order valence-electron chi connectivity index (χ2n) is 5.60. The van der Waals surface area contributed by atoms with E-state index < -0.39 is 0 Å². The third-order valence-corrected chi connectivity index (χ3v) is 4.87. The lowest BCUT2D eigenvalue weighted by atomic mass is 9.99. The largest absolute Gasteiger partial charge is 0.0616 e. The summed E-state index contributed by atoms with van der Waals surface area (Å²) in [5.41, 5.74) is 5.40. The van der Waals surface area contributed by atoms with E-state index in [0.29, 0.717) is 0 Å². The number of fused-ring (bicyclic) bond motifs is 4. The summed E-state index contributed by atoms with van der Waals surface area (Å²) in [4.78, 5) is 0. The summed E-state index contributed by atoms with van der Waals surface area (Å²) in [6, 6.07) is 24.3. The van der Waals surface area contributed by atoms with E-state index in [1.165, 1.54) is 43.8 Å². The van der Waals surface area contributed by atoms with Crippen molar-refractivity contribution in [2.75, 3.05) is 0 Å². The Hall–Kier alpha value is -2.12. The molecule has 98 valence electrons. The predicted molar refractivity (Wildman–Crippen MR) is 93.6 cm³/mol. The Balaban J connectivity index is 2.02. The summed E-state index contributed by atoms with van der Waals surface area (Å²) in [5, 5.41) is 5.29. The van der Waals surface area contributed by atoms with E-state index in [1.807, 2.05) is 0 Å². The molecular formula is C20H11Br. The smallest absolute Gasteiger partial charge is 0.0187 e. The van der Waals surface area contributed by atoms with Gasteiger partial charge in [0.05, 0.1) is 0 Å². The van der Waals surface area contributed by atoms with Crippen LogP contribution >= 0.6 is 15.9 Å². The Morgan fingerprint density at radius 3 is 1.95 bits per heavy atom. The van der Waals surface area contributed by atoms with Gasteiger partial charge in [-0.15, -0.1) is 0 Å². The molecule has 0 amide bonds. The quantitative estimate of drug-likeness (QED) is 0.308. The van der Waals surface area contributed by atoms with Crippen molar-refractivity contribution in [3.8, 4) is 22.3 Å². The van der Waals surface area contributed by atoms with Crippen LogP contribution in [-0.2, 0) is 0 Å². The minimum atomic E-state index is 1.14. The van der Waals surface area contributed by atoms with E-state index >= 15 is 0 Å². The monoisotopic (exact) mass is 330 g/mol. The highest BCUT2D eigenvalue weighted by Gasteiger charge is 2.21. The van der Waals surface area contributed by atoms with Crippen molar-refractivity contribution in [3.05, 3.63) is 71.2 Å². The molecule has 0 spiro atoms. The molecule has 0 aromatic heterocycles. The van der Waals surface area contributed by atoms with Crippen LogP contribution in [0.1, 0.15) is 0 Å². The lowest BCUT2D eigenvalue weighted by Gasteiger charge is -2.05. The highest BCUT2D eigenvalue weighted by atomic mass is 79.9. The van der Waals surface area contributed by atoms with Crippen LogP contribution in [0.2, 0.25) is 0 Å². The lowest BCUT2D eigenvalue weighted by Crippen LogP contribution is -1.79. The van der Waals surface area contributed by atoms with Gasteiger partial charge in [0.15, 0.2) is 0 Å². The highest BCUT2D eigenvalue weighted by molar-refractivity contribution is 9.10. The van der Waals surface area contributed by atoms with Gasteiger partial charge in [0.25, 0.3) is 0 Å². The maximum absolute atomic E-state index is 3.65. The van der Waals surface area contributed by atoms with Crippen molar-refractivity contribution >= 4 is 37.5 Å². The summed E-state index contributed by atoms with van der Waals surface area (Å²) < 4.78 is 1.14. The standard InChI is InChI=1S/C20H11Br/c21-15-8-14-6-3-7-16-17-9-12-4-1-2-5-13(12)10-18(17)19(11-15)20(14)16/h1-11H. The molecule has 0 unspecified atom stereocenters. The Kier molecular flexibility index (Phi) is 2.17. The van der Waals surface area contributed by atoms with E-state index in [1.54, 1.807) is 0 Å². The number of benzene rings is 4. The molecule has 1 aliphatic rings. The number of halogens is 1. The maximum atomic E-state index is 3.65. The van der Waals surface area contributed by atoms with Gasteiger partial charge in [-0.05, 0) is 68.1 Å². The summed E-state index contributed by atoms with van der Waals surface area (Å²) in [7, 11) is 0. The predicted octanol–water partition coefficient (Wildman–Crippen LogP) is 6.40. The normalized spacial score (nSPS) is 12.0. The first kappa shape index (κ1) is 11.5. The fourth-order valence-electron chi connectivity index (χ4n) is 3.51. The zero-order valence-electron chi connectivity index (χ0n) is 11.2. The molecule has 1 heteroatoms. The molecule has 0 nitrogen and oxygen atoms in total. The van der Waals surface area contributed by atoms with Crippen LogP contribution in [0, 0.1) is 0 Å². The number of hydrogen-bond donors (Lipinski definition) is 0. The molecule has 0 aliphatic heterocycles. The zero-order chi connectivity index (χ0) is 14.0. The van der Waals surface area contributed by atoms with Gasteiger partial charge >= 0.3 is 0 Å². The summed E-state index contributed by atoms with van der Waals surface area (Å²) in [5.74, 6) is 0. The Bertz CT molecular complexity index is 1040. The first-order valence-electron chi connectivity index (χ1n) is 7.07. The van der Waals surface area contributed by atoms with E-state index in [4.69, 9.17) is 0 Å². The zero-order valence-corrected chi connectivity index (χ0v) is 12.8. The van der Waals surface area contributed by atoms with Crippen molar-refractivity contribution in [3.63, 3.8) is 0 Å². The molecule has 0 fully saturated rings. The Morgan fingerprint density at radius 2 is 1.19 bits per heavy atom. The van der Waals surface area contributed by atoms with Crippen LogP contribution < -0.4 is 0 Å². The molecule has 0 N–H and O–H groups in total. The maximum Gasteiger partial charge on any atom is 0.0187 e. The summed E-state index contributed by atoms with van der Waals surface area (Å²) in [6.45, 7) is 0. The van der Waals surface area contributed by atoms with Crippen LogP contribution in [0.4, 0.5) is 0 Å². The molecule has 0 atom stereocenters. The van der Waals surface area contributed by atoms with Crippen molar-refractivity contribution < 1.29 is 0 Å². The van der Waals surface area contributed by atoms with Gasteiger partial charge in [0, 0.05) is 4.47 Å². The van der Waals surface area contributed by atoms with Crippen molar-refractivity contribution in [2.24, 2.45) is 0 Å². The first-order chi connectivity index (χ1) is 10.3. The lowest BCUT2D eigenvalue weighted by molar-refractivity contribution is 1.71. The third kappa shape index (κ3) is 1.50. The van der Waals surface area contributed by atoms with Gasteiger partial charge < -0.3 is 0 Å². The Morgan fingerprint density at radius 1 is 0.524 bits per heavy atom. The molecule has 21 heavy (non-hydrogen) atoms. The molecule has 0 saturated carbocycles. The minimum Gasteiger partial charge on any atom is -0.0616 e. The van der Waals surface area contributed by atoms with Crippen LogP contribution in [0.5, 0.6) is 0 Å². The van der Waals surface area contributed by atoms with Gasteiger partial charge in [-0.3, -0.25) is 0 Å². The van der Waals surface area contributed by atoms with Gasteiger partial charge in [-0.2, -0.15) is 0 Å². The van der Waals surface area contributed by atoms with Crippen molar-refractivity contribution in [2.45, 2.75) is 0 Å². The topological polar surface area (TPSA) is 0 Å². The molecule has 0 bridgehead atoms. The molecule has 0 radical (unpaired) electrons. The fraction of sp³-hybridized carbons (Fsp3) is 0. The van der Waals surface area contributed by atoms with Gasteiger partial charge in [0.1, 0.15) is 0 Å². The minimum absolute atomic E-state index is 1.14. The molecular weight excluding hydrogens is 320 g/mol. The second kappa shape index (κ2) is 3.96. The van der Waals surface area contributed by atoms with Crippen molar-refractivity contribution in [1.82, 2.24) is 0 Å². The molecule has 4 aromatic rings. The fourth-order valence-corrected chi connectivity index (χ4v) is 3.99. The average molecular weight is 331 g/mol. The molecule has 0 saturated heterocycles. The van der Waals surface area contributed by atoms with Gasteiger partial charge in [-0.25, -0.2) is 0 Å². The number of hydrogen-bond acceptors (Lipinski definition) is 0. The van der Waals surface area contributed by atoms with E-state index in [0.717, 1.165) is 4.47 Å². The molecule has 4 aromatic carbocycles. The van der Waals surface area contributed by atoms with Crippen LogP contribution in [0.15, 0.2) is 71.2 Å². The van der Waals surface area contributed by atoms with Crippen molar-refractivity contribution in [1.29, 1.82) is 0 Å². The summed E-state index contributed by atoms with van der Waals surface area (Å²) in [6.07, 6.45) is 0. The van der Waals surface area contributed by atoms with Crippen LogP contribution in [-0.4, -0.2) is 0 Å². The number of rotatable bonds is 0. The van der Waals surface area contributed by atoms with Gasteiger partial charge in [0.2, 0.25) is 0 Å². The second-order valence-corrected chi connectivity index (χ2v) is 6.52. The van der Waals surface area contributed by atoms with Crippen LogP contribution in [0.3, 0.4) is 0 Å². The van der Waals surface area contributed by atoms with Crippen LogP contribution in [0.25, 0.3) is 43.8 Å². The van der Waals surface area contributed by atoms with Gasteiger partial charge in [-0.1, -0.05) is 58.4 Å². The molecule has 1 aliphatic carbocycles. The average Bonchev–Trinajstić information content (AvgIpc) is 2.80. The SMILES string of the molecule is Brc1cc2c3c(cccc3c1)-c1cc3ccccc3cc1-2. The van der Waals surface area contributed by atoms with E-state index in [9.17, 15) is 0 Å². The third-order valence-electron chi connectivity index (χ3n) is 4.41. The first-order valence-corrected chi connectivity index (χ1v) is 7.86.